The lowest BCUT2D eigenvalue weighted by molar-refractivity contribution is -0.137. The molecule has 0 spiro atoms. The molecule has 2 rings (SSSR count). The van der Waals surface area contributed by atoms with E-state index < -0.39 is 5.97 Å². The molecule has 0 fully saturated rings. The molecule has 1 aliphatic rings. The Morgan fingerprint density at radius 2 is 2.00 bits per heavy atom. The van der Waals surface area contributed by atoms with Crippen LogP contribution in [0.5, 0.6) is 0 Å². The summed E-state index contributed by atoms with van der Waals surface area (Å²) in [4.78, 5) is 23.0. The largest absolute Gasteiger partial charge is 0.463 e. The van der Waals surface area contributed by atoms with Gasteiger partial charge in [0.1, 0.15) is 5.76 Å². The number of benzene rings is 1. The molecule has 19 heavy (non-hydrogen) atoms. The smallest absolute Gasteiger partial charge is 0.334 e. The summed E-state index contributed by atoms with van der Waals surface area (Å²) in [6.07, 6.45) is 2.44. The van der Waals surface area contributed by atoms with Crippen molar-refractivity contribution < 1.29 is 19.1 Å². The van der Waals surface area contributed by atoms with E-state index in [1.54, 1.807) is 6.92 Å². The molecule has 0 atom stereocenters. The van der Waals surface area contributed by atoms with Gasteiger partial charge in [-0.15, -0.1) is 0 Å². The number of hydrogen-bond donors (Lipinski definition) is 0. The second-order valence-corrected chi connectivity index (χ2v) is 4.10. The number of carbonyl (C=O) groups is 2. The predicted molar refractivity (Wildman–Crippen MR) is 70.0 cm³/mol. The summed E-state index contributed by atoms with van der Waals surface area (Å²) in [5.74, 6) is -0.470. The van der Waals surface area contributed by atoms with Crippen molar-refractivity contribution in [2.24, 2.45) is 0 Å². The van der Waals surface area contributed by atoms with Gasteiger partial charge in [-0.1, -0.05) is 29.8 Å². The molecule has 0 saturated heterocycles. The van der Waals surface area contributed by atoms with Crippen LogP contribution in [-0.4, -0.2) is 18.4 Å². The van der Waals surface area contributed by atoms with Crippen LogP contribution in [0.1, 0.15) is 18.1 Å². The first-order valence-corrected chi connectivity index (χ1v) is 5.99. The molecular formula is C15H14O4. The zero-order valence-corrected chi connectivity index (χ0v) is 10.8. The van der Waals surface area contributed by atoms with Gasteiger partial charge in [0.25, 0.3) is 0 Å². The number of ketones is 1. The molecule has 0 radical (unpaired) electrons. The maximum absolute atomic E-state index is 11.7. The van der Waals surface area contributed by atoms with Crippen molar-refractivity contribution in [1.82, 2.24) is 0 Å². The normalized spacial score (nSPS) is 16.2. The Balaban J connectivity index is 2.16. The first-order chi connectivity index (χ1) is 9.10. The summed E-state index contributed by atoms with van der Waals surface area (Å²) in [7, 11) is 0. The number of carbonyl (C=O) groups excluding carboxylic acids is 2. The van der Waals surface area contributed by atoms with Crippen LogP contribution in [0, 0.1) is 6.92 Å². The van der Waals surface area contributed by atoms with Gasteiger partial charge in [0.2, 0.25) is 5.78 Å². The van der Waals surface area contributed by atoms with Crippen LogP contribution in [-0.2, 0) is 19.1 Å². The van der Waals surface area contributed by atoms with Gasteiger partial charge in [-0.2, -0.15) is 0 Å². The highest BCUT2D eigenvalue weighted by molar-refractivity contribution is 6.12. The van der Waals surface area contributed by atoms with E-state index in [-0.39, 0.29) is 18.1 Å². The van der Waals surface area contributed by atoms with Gasteiger partial charge >= 0.3 is 5.97 Å². The van der Waals surface area contributed by atoms with Gasteiger partial charge in [0.05, 0.1) is 12.7 Å². The average Bonchev–Trinajstić information content (AvgIpc) is 2.72. The third kappa shape index (κ3) is 3.10. The Morgan fingerprint density at radius 1 is 1.32 bits per heavy atom. The third-order valence-corrected chi connectivity index (χ3v) is 2.60. The van der Waals surface area contributed by atoms with Crippen molar-refractivity contribution in [3.8, 4) is 0 Å². The van der Waals surface area contributed by atoms with Crippen LogP contribution in [0.4, 0.5) is 0 Å². The van der Waals surface area contributed by atoms with E-state index in [9.17, 15) is 9.59 Å². The van der Waals surface area contributed by atoms with E-state index in [4.69, 9.17) is 9.47 Å². The SMILES string of the molecule is CCOC(=O)/C=C1/OC(c2ccc(C)cc2)=CC1=O. The fraction of sp³-hybridized carbons (Fsp3) is 0.200. The van der Waals surface area contributed by atoms with Gasteiger partial charge in [-0.3, -0.25) is 4.79 Å². The molecule has 4 nitrogen and oxygen atoms in total. The lowest BCUT2D eigenvalue weighted by Gasteiger charge is -2.04. The zero-order chi connectivity index (χ0) is 13.8. The molecule has 0 amide bonds. The van der Waals surface area contributed by atoms with Crippen molar-refractivity contribution in [2.45, 2.75) is 13.8 Å². The van der Waals surface area contributed by atoms with Crippen LogP contribution >= 0.6 is 0 Å². The molecule has 1 aromatic rings. The first-order valence-electron chi connectivity index (χ1n) is 5.99. The maximum atomic E-state index is 11.7. The number of allylic oxidation sites excluding steroid dienone is 1. The summed E-state index contributed by atoms with van der Waals surface area (Å²) in [5.41, 5.74) is 1.92. The minimum atomic E-state index is -0.579. The molecule has 4 heteroatoms. The van der Waals surface area contributed by atoms with Crippen molar-refractivity contribution in [3.63, 3.8) is 0 Å². The fourth-order valence-electron chi connectivity index (χ4n) is 1.64. The van der Waals surface area contributed by atoms with Gasteiger partial charge in [-0.05, 0) is 13.8 Å². The lowest BCUT2D eigenvalue weighted by atomic mass is 10.1. The molecule has 0 saturated carbocycles. The van der Waals surface area contributed by atoms with Crippen LogP contribution in [0.3, 0.4) is 0 Å². The lowest BCUT2D eigenvalue weighted by Crippen LogP contribution is -2.04. The molecular weight excluding hydrogens is 244 g/mol. The summed E-state index contributed by atoms with van der Waals surface area (Å²) < 4.78 is 10.1. The van der Waals surface area contributed by atoms with E-state index in [2.05, 4.69) is 0 Å². The Kier molecular flexibility index (Phi) is 3.80. The number of aryl methyl sites for hydroxylation is 1. The van der Waals surface area contributed by atoms with E-state index in [1.807, 2.05) is 31.2 Å². The average molecular weight is 258 g/mol. The van der Waals surface area contributed by atoms with Crippen molar-refractivity contribution in [1.29, 1.82) is 0 Å². The van der Waals surface area contributed by atoms with Crippen LogP contribution in [0.15, 0.2) is 42.2 Å². The number of rotatable bonds is 3. The Labute approximate surface area is 111 Å². The summed E-state index contributed by atoms with van der Waals surface area (Å²) in [5, 5.41) is 0. The topological polar surface area (TPSA) is 52.6 Å². The highest BCUT2D eigenvalue weighted by atomic mass is 16.5. The number of hydrogen-bond acceptors (Lipinski definition) is 4. The Bertz CT molecular complexity index is 564. The first kappa shape index (κ1) is 13.1. The summed E-state index contributed by atoms with van der Waals surface area (Å²) in [6, 6.07) is 7.58. The van der Waals surface area contributed by atoms with Crippen LogP contribution < -0.4 is 0 Å². The molecule has 0 bridgehead atoms. The predicted octanol–water partition coefficient (Wildman–Crippen LogP) is 2.38. The van der Waals surface area contributed by atoms with E-state index in [0.717, 1.165) is 17.2 Å². The zero-order valence-electron chi connectivity index (χ0n) is 10.8. The maximum Gasteiger partial charge on any atom is 0.334 e. The highest BCUT2D eigenvalue weighted by Crippen LogP contribution is 2.26. The minimum Gasteiger partial charge on any atom is -0.463 e. The molecule has 98 valence electrons. The minimum absolute atomic E-state index is 0.00553. The summed E-state index contributed by atoms with van der Waals surface area (Å²) in [6.45, 7) is 3.93. The monoisotopic (exact) mass is 258 g/mol. The standard InChI is InChI=1S/C15H14O4/c1-3-18-15(17)9-14-12(16)8-13(19-14)11-6-4-10(2)5-7-11/h4-9H,3H2,1-2H3/b14-9+. The number of esters is 1. The third-order valence-electron chi connectivity index (χ3n) is 2.60. The van der Waals surface area contributed by atoms with Crippen molar-refractivity contribution in [2.75, 3.05) is 6.61 Å². The van der Waals surface area contributed by atoms with E-state index in [0.29, 0.717) is 5.76 Å². The molecule has 0 unspecified atom stereocenters. The van der Waals surface area contributed by atoms with Gasteiger partial charge in [-0.25, -0.2) is 4.79 Å². The fourth-order valence-corrected chi connectivity index (χ4v) is 1.64. The van der Waals surface area contributed by atoms with Crippen LogP contribution in [0.2, 0.25) is 0 Å². The van der Waals surface area contributed by atoms with Gasteiger partial charge < -0.3 is 9.47 Å². The quantitative estimate of drug-likeness (QED) is 0.617. The molecule has 0 N–H and O–H groups in total. The number of ether oxygens (including phenoxy) is 2. The molecule has 1 heterocycles. The molecule has 1 aliphatic heterocycles. The highest BCUT2D eigenvalue weighted by Gasteiger charge is 2.23. The summed E-state index contributed by atoms with van der Waals surface area (Å²) >= 11 is 0. The molecule has 0 aliphatic carbocycles. The Morgan fingerprint density at radius 3 is 2.63 bits per heavy atom. The van der Waals surface area contributed by atoms with E-state index in [1.165, 1.54) is 6.08 Å². The molecule has 0 aromatic heterocycles. The van der Waals surface area contributed by atoms with Crippen LogP contribution in [0.25, 0.3) is 5.76 Å². The van der Waals surface area contributed by atoms with Gasteiger partial charge in [0, 0.05) is 11.6 Å². The second kappa shape index (κ2) is 5.52. The Hall–Kier alpha value is -2.36. The molecule has 1 aromatic carbocycles. The van der Waals surface area contributed by atoms with E-state index >= 15 is 0 Å². The van der Waals surface area contributed by atoms with Crippen molar-refractivity contribution >= 4 is 17.5 Å². The van der Waals surface area contributed by atoms with Crippen molar-refractivity contribution in [3.05, 3.63) is 53.3 Å². The second-order valence-electron chi connectivity index (χ2n) is 4.10. The van der Waals surface area contributed by atoms with Gasteiger partial charge in [0.15, 0.2) is 5.76 Å².